The summed E-state index contributed by atoms with van der Waals surface area (Å²) in [5, 5.41) is 9.30. The fourth-order valence-corrected chi connectivity index (χ4v) is 3.46. The summed E-state index contributed by atoms with van der Waals surface area (Å²) in [5.74, 6) is -0.605. The highest BCUT2D eigenvalue weighted by Gasteiger charge is 2.27. The van der Waals surface area contributed by atoms with E-state index in [-0.39, 0.29) is 11.8 Å². The molecule has 0 aliphatic carbocycles. The van der Waals surface area contributed by atoms with Crippen LogP contribution in [-0.4, -0.2) is 35.6 Å². The molecular formula is C20H23NO2. The molecule has 0 spiro atoms. The molecule has 3 rings (SSSR count). The molecule has 120 valence electrons. The van der Waals surface area contributed by atoms with E-state index in [0.717, 1.165) is 25.9 Å². The van der Waals surface area contributed by atoms with E-state index in [4.69, 9.17) is 0 Å². The molecule has 0 saturated carbocycles. The van der Waals surface area contributed by atoms with Gasteiger partial charge in [0.1, 0.15) is 0 Å². The first-order chi connectivity index (χ1) is 11.2. The zero-order chi connectivity index (χ0) is 16.1. The summed E-state index contributed by atoms with van der Waals surface area (Å²) in [7, 11) is 0. The summed E-state index contributed by atoms with van der Waals surface area (Å²) in [6.45, 7) is 2.52. The van der Waals surface area contributed by atoms with Crippen LogP contribution in [0.1, 0.15) is 29.9 Å². The first-order valence-electron chi connectivity index (χ1n) is 8.29. The number of benzene rings is 2. The van der Waals surface area contributed by atoms with Crippen LogP contribution >= 0.6 is 0 Å². The van der Waals surface area contributed by atoms with Crippen molar-refractivity contribution in [3.05, 3.63) is 71.8 Å². The van der Waals surface area contributed by atoms with Gasteiger partial charge in [-0.3, -0.25) is 4.79 Å². The first kappa shape index (κ1) is 15.8. The van der Waals surface area contributed by atoms with Gasteiger partial charge < -0.3 is 10.0 Å². The molecule has 1 aliphatic rings. The van der Waals surface area contributed by atoms with Gasteiger partial charge >= 0.3 is 5.97 Å². The number of carboxylic acid groups (broad SMARTS) is 1. The predicted molar refractivity (Wildman–Crippen MR) is 91.5 cm³/mol. The van der Waals surface area contributed by atoms with Crippen molar-refractivity contribution in [3.63, 3.8) is 0 Å². The largest absolute Gasteiger partial charge is 0.481 e. The highest BCUT2D eigenvalue weighted by molar-refractivity contribution is 5.70. The highest BCUT2D eigenvalue weighted by Crippen LogP contribution is 2.27. The van der Waals surface area contributed by atoms with Gasteiger partial charge in [0.15, 0.2) is 0 Å². The summed E-state index contributed by atoms with van der Waals surface area (Å²) in [5.41, 5.74) is 2.58. The van der Waals surface area contributed by atoms with Gasteiger partial charge in [-0.05, 0) is 30.5 Å². The van der Waals surface area contributed by atoms with Crippen molar-refractivity contribution in [2.45, 2.75) is 18.8 Å². The summed E-state index contributed by atoms with van der Waals surface area (Å²) in [6, 6.07) is 21.0. The summed E-state index contributed by atoms with van der Waals surface area (Å²) < 4.78 is 0. The second kappa shape index (κ2) is 7.42. The van der Waals surface area contributed by atoms with Gasteiger partial charge in [0.05, 0.1) is 5.92 Å². The van der Waals surface area contributed by atoms with Crippen LogP contribution in [0.2, 0.25) is 0 Å². The molecule has 2 aromatic carbocycles. The smallest absolute Gasteiger partial charge is 0.307 e. The molecule has 1 saturated heterocycles. The van der Waals surface area contributed by atoms with Crippen molar-refractivity contribution in [2.75, 3.05) is 19.6 Å². The van der Waals surface area contributed by atoms with Crippen LogP contribution in [0.3, 0.4) is 0 Å². The second-order valence-electron chi connectivity index (χ2n) is 6.31. The lowest BCUT2D eigenvalue weighted by molar-refractivity contribution is -0.143. The maximum Gasteiger partial charge on any atom is 0.307 e. The third kappa shape index (κ3) is 3.99. The van der Waals surface area contributed by atoms with E-state index in [9.17, 15) is 9.90 Å². The van der Waals surface area contributed by atoms with E-state index < -0.39 is 5.97 Å². The van der Waals surface area contributed by atoms with Crippen LogP contribution in [0.25, 0.3) is 0 Å². The number of rotatable bonds is 5. The van der Waals surface area contributed by atoms with Gasteiger partial charge in [-0.1, -0.05) is 60.7 Å². The maximum absolute atomic E-state index is 11.3. The minimum Gasteiger partial charge on any atom is -0.481 e. The SMILES string of the molecule is O=C(O)[C@H]1CCCN(CC(c2ccccc2)c2ccccc2)C1. The van der Waals surface area contributed by atoms with E-state index in [1.54, 1.807) is 0 Å². The molecule has 1 N–H and O–H groups in total. The molecule has 2 aromatic rings. The minimum atomic E-state index is -0.661. The molecule has 1 atom stereocenters. The molecule has 3 nitrogen and oxygen atoms in total. The number of nitrogens with zero attached hydrogens (tertiary/aromatic N) is 1. The van der Waals surface area contributed by atoms with E-state index in [0.29, 0.717) is 6.54 Å². The van der Waals surface area contributed by atoms with Gasteiger partial charge in [-0.2, -0.15) is 0 Å². The summed E-state index contributed by atoms with van der Waals surface area (Å²) in [4.78, 5) is 13.6. The normalized spacial score (nSPS) is 18.9. The van der Waals surface area contributed by atoms with Gasteiger partial charge in [0, 0.05) is 19.0 Å². The lowest BCUT2D eigenvalue weighted by Gasteiger charge is -2.33. The average Bonchev–Trinajstić information content (AvgIpc) is 2.61. The van der Waals surface area contributed by atoms with Gasteiger partial charge in [0.25, 0.3) is 0 Å². The third-order valence-electron chi connectivity index (χ3n) is 4.70. The summed E-state index contributed by atoms with van der Waals surface area (Å²) >= 11 is 0. The van der Waals surface area contributed by atoms with E-state index in [2.05, 4.69) is 53.4 Å². The second-order valence-corrected chi connectivity index (χ2v) is 6.31. The van der Waals surface area contributed by atoms with E-state index in [1.165, 1.54) is 11.1 Å². The van der Waals surface area contributed by atoms with Crippen molar-refractivity contribution in [3.8, 4) is 0 Å². The van der Waals surface area contributed by atoms with Crippen molar-refractivity contribution in [1.29, 1.82) is 0 Å². The standard InChI is InChI=1S/C20H23NO2/c22-20(23)18-12-7-13-21(14-18)15-19(16-8-3-1-4-9-16)17-10-5-2-6-11-17/h1-6,8-11,18-19H,7,12-15H2,(H,22,23)/t18-/m0/s1. The zero-order valence-corrected chi connectivity index (χ0v) is 13.3. The molecule has 0 unspecified atom stereocenters. The summed E-state index contributed by atoms with van der Waals surface area (Å²) in [6.07, 6.45) is 1.76. The number of piperidine rings is 1. The van der Waals surface area contributed by atoms with Crippen LogP contribution in [0.5, 0.6) is 0 Å². The van der Waals surface area contributed by atoms with Crippen LogP contribution < -0.4 is 0 Å². The average molecular weight is 309 g/mol. The van der Waals surface area contributed by atoms with Gasteiger partial charge in [-0.15, -0.1) is 0 Å². The number of carboxylic acids is 1. The van der Waals surface area contributed by atoms with Gasteiger partial charge in [-0.25, -0.2) is 0 Å². The van der Waals surface area contributed by atoms with Crippen molar-refractivity contribution in [1.82, 2.24) is 4.90 Å². The van der Waals surface area contributed by atoms with Crippen LogP contribution in [0.15, 0.2) is 60.7 Å². The first-order valence-corrected chi connectivity index (χ1v) is 8.29. The number of hydrogen-bond donors (Lipinski definition) is 1. The molecule has 23 heavy (non-hydrogen) atoms. The highest BCUT2D eigenvalue weighted by atomic mass is 16.4. The quantitative estimate of drug-likeness (QED) is 0.917. The Labute approximate surface area is 137 Å². The molecule has 0 amide bonds. The van der Waals surface area contributed by atoms with Crippen molar-refractivity contribution in [2.24, 2.45) is 5.92 Å². The number of aliphatic carboxylic acids is 1. The molecule has 1 heterocycles. The lowest BCUT2D eigenvalue weighted by Crippen LogP contribution is -2.40. The fourth-order valence-electron chi connectivity index (χ4n) is 3.46. The Balaban J connectivity index is 1.81. The van der Waals surface area contributed by atoms with Crippen molar-refractivity contribution < 1.29 is 9.90 Å². The number of hydrogen-bond acceptors (Lipinski definition) is 2. The van der Waals surface area contributed by atoms with Crippen molar-refractivity contribution >= 4 is 5.97 Å². The Kier molecular flexibility index (Phi) is 5.09. The molecule has 0 aromatic heterocycles. The van der Waals surface area contributed by atoms with Crippen LogP contribution in [0.4, 0.5) is 0 Å². The minimum absolute atomic E-state index is 0.226. The predicted octanol–water partition coefficient (Wildman–Crippen LogP) is 3.62. The number of carbonyl (C=O) groups is 1. The molecule has 3 heteroatoms. The Morgan fingerprint density at radius 2 is 1.61 bits per heavy atom. The number of likely N-dealkylation sites (tertiary alicyclic amines) is 1. The topological polar surface area (TPSA) is 40.5 Å². The van der Waals surface area contributed by atoms with Crippen LogP contribution in [-0.2, 0) is 4.79 Å². The van der Waals surface area contributed by atoms with Gasteiger partial charge in [0.2, 0.25) is 0 Å². The van der Waals surface area contributed by atoms with E-state index >= 15 is 0 Å². The van der Waals surface area contributed by atoms with E-state index in [1.807, 2.05) is 12.1 Å². The Bertz CT molecular complexity index is 587. The maximum atomic E-state index is 11.3. The van der Waals surface area contributed by atoms with Crippen LogP contribution in [0, 0.1) is 5.92 Å². The third-order valence-corrected chi connectivity index (χ3v) is 4.70. The Hall–Kier alpha value is -2.13. The zero-order valence-electron chi connectivity index (χ0n) is 13.3. The molecule has 1 fully saturated rings. The molecule has 0 bridgehead atoms. The Morgan fingerprint density at radius 1 is 1.04 bits per heavy atom. The molecule has 0 radical (unpaired) electrons. The molecule has 1 aliphatic heterocycles. The lowest BCUT2D eigenvalue weighted by atomic mass is 9.89. The molecular weight excluding hydrogens is 286 g/mol. The fraction of sp³-hybridized carbons (Fsp3) is 0.350. The Morgan fingerprint density at radius 3 is 2.13 bits per heavy atom. The monoisotopic (exact) mass is 309 g/mol.